The quantitative estimate of drug-likeness (QED) is 0.810. The topological polar surface area (TPSA) is 55.8 Å². The first-order valence-electron chi connectivity index (χ1n) is 5.72. The van der Waals surface area contributed by atoms with Gasteiger partial charge in [0, 0.05) is 0 Å². The van der Waals surface area contributed by atoms with Gasteiger partial charge in [0.15, 0.2) is 6.61 Å². The summed E-state index contributed by atoms with van der Waals surface area (Å²) in [5.74, 6) is 0.269. The van der Waals surface area contributed by atoms with Crippen molar-refractivity contribution in [1.82, 2.24) is 0 Å². The fraction of sp³-hybridized carbons (Fsp3) is 0.462. The van der Waals surface area contributed by atoms with Crippen molar-refractivity contribution in [2.75, 3.05) is 13.7 Å². The van der Waals surface area contributed by atoms with Gasteiger partial charge in [-0.1, -0.05) is 12.1 Å². The molecule has 0 saturated carbocycles. The number of esters is 1. The summed E-state index contributed by atoms with van der Waals surface area (Å²) in [4.78, 5) is 11.0. The number of benzene rings is 1. The lowest BCUT2D eigenvalue weighted by atomic mass is 9.89. The highest BCUT2D eigenvalue weighted by Crippen LogP contribution is 2.35. The molecule has 0 aliphatic heterocycles. The maximum absolute atomic E-state index is 11.0. The van der Waals surface area contributed by atoms with Crippen LogP contribution in [-0.2, 0) is 16.0 Å². The Hall–Kier alpha value is -1.55. The molecule has 0 fully saturated rings. The van der Waals surface area contributed by atoms with Crippen LogP contribution in [0.25, 0.3) is 0 Å². The molecule has 17 heavy (non-hydrogen) atoms. The van der Waals surface area contributed by atoms with Crippen molar-refractivity contribution in [2.24, 2.45) is 0 Å². The number of methoxy groups -OCH3 is 1. The minimum absolute atomic E-state index is 0.0942. The van der Waals surface area contributed by atoms with Crippen molar-refractivity contribution >= 4 is 5.97 Å². The summed E-state index contributed by atoms with van der Waals surface area (Å²) in [5, 5.41) is 9.86. The summed E-state index contributed by atoms with van der Waals surface area (Å²) in [6.07, 6.45) is 2.18. The zero-order chi connectivity index (χ0) is 12.3. The van der Waals surface area contributed by atoms with Gasteiger partial charge in [0.25, 0.3) is 0 Å². The van der Waals surface area contributed by atoms with Crippen molar-refractivity contribution in [1.29, 1.82) is 0 Å². The number of hydrogen-bond acceptors (Lipinski definition) is 4. The summed E-state index contributed by atoms with van der Waals surface area (Å²) in [6, 6.07) is 5.56. The standard InChI is InChI=1S/C13H16O4/c1-16-13(15)8-17-12-7-3-4-9-10(12)5-2-6-11(9)14/h3-4,7,11,14H,2,5-6,8H2,1H3. The van der Waals surface area contributed by atoms with Gasteiger partial charge in [-0.2, -0.15) is 0 Å². The van der Waals surface area contributed by atoms with E-state index in [2.05, 4.69) is 4.74 Å². The largest absolute Gasteiger partial charge is 0.482 e. The Labute approximate surface area is 100 Å². The molecule has 0 heterocycles. The van der Waals surface area contributed by atoms with Crippen LogP contribution in [-0.4, -0.2) is 24.8 Å². The van der Waals surface area contributed by atoms with E-state index in [1.165, 1.54) is 7.11 Å². The molecular weight excluding hydrogens is 220 g/mol. The van der Waals surface area contributed by atoms with Crippen LogP contribution in [0.2, 0.25) is 0 Å². The number of carbonyl (C=O) groups is 1. The van der Waals surface area contributed by atoms with E-state index >= 15 is 0 Å². The van der Waals surface area contributed by atoms with Crippen molar-refractivity contribution in [3.8, 4) is 5.75 Å². The average Bonchev–Trinajstić information content (AvgIpc) is 2.36. The van der Waals surface area contributed by atoms with Crippen LogP contribution in [0.15, 0.2) is 18.2 Å². The van der Waals surface area contributed by atoms with E-state index in [4.69, 9.17) is 4.74 Å². The maximum Gasteiger partial charge on any atom is 0.343 e. The van der Waals surface area contributed by atoms with Crippen LogP contribution >= 0.6 is 0 Å². The molecule has 2 rings (SSSR count). The Bertz CT molecular complexity index is 414. The molecule has 1 aliphatic carbocycles. The summed E-state index contributed by atoms with van der Waals surface area (Å²) < 4.78 is 9.94. The second kappa shape index (κ2) is 5.19. The van der Waals surface area contributed by atoms with Crippen molar-refractivity contribution in [2.45, 2.75) is 25.4 Å². The Morgan fingerprint density at radius 1 is 1.53 bits per heavy atom. The van der Waals surface area contributed by atoms with Gasteiger partial charge in [0.2, 0.25) is 0 Å². The van der Waals surface area contributed by atoms with Crippen LogP contribution in [0.1, 0.15) is 30.1 Å². The summed E-state index contributed by atoms with van der Waals surface area (Å²) in [6.45, 7) is -0.0942. The van der Waals surface area contributed by atoms with Gasteiger partial charge < -0.3 is 14.6 Å². The van der Waals surface area contributed by atoms with Gasteiger partial charge in [-0.05, 0) is 36.5 Å². The summed E-state index contributed by atoms with van der Waals surface area (Å²) in [5.41, 5.74) is 1.92. The maximum atomic E-state index is 11.0. The smallest absolute Gasteiger partial charge is 0.343 e. The molecule has 0 amide bonds. The van der Waals surface area contributed by atoms with E-state index in [0.29, 0.717) is 5.75 Å². The fourth-order valence-corrected chi connectivity index (χ4v) is 2.12. The molecule has 1 unspecified atom stereocenters. The Morgan fingerprint density at radius 3 is 3.12 bits per heavy atom. The lowest BCUT2D eigenvalue weighted by molar-refractivity contribution is -0.142. The van der Waals surface area contributed by atoms with Crippen molar-refractivity contribution in [3.05, 3.63) is 29.3 Å². The van der Waals surface area contributed by atoms with Crippen molar-refractivity contribution < 1.29 is 19.4 Å². The molecule has 0 radical (unpaired) electrons. The minimum Gasteiger partial charge on any atom is -0.482 e. The van der Waals surface area contributed by atoms with Gasteiger partial charge >= 0.3 is 5.97 Å². The number of ether oxygens (including phenoxy) is 2. The molecule has 0 aromatic heterocycles. The van der Waals surface area contributed by atoms with Crippen molar-refractivity contribution in [3.63, 3.8) is 0 Å². The van der Waals surface area contributed by atoms with Crippen LogP contribution < -0.4 is 4.74 Å². The predicted octanol–water partition coefficient (Wildman–Crippen LogP) is 1.61. The molecular formula is C13H16O4. The summed E-state index contributed by atoms with van der Waals surface area (Å²) >= 11 is 0. The third-order valence-electron chi connectivity index (χ3n) is 3.01. The van der Waals surface area contributed by atoms with E-state index in [9.17, 15) is 9.90 Å². The van der Waals surface area contributed by atoms with Gasteiger partial charge in [-0.15, -0.1) is 0 Å². The third-order valence-corrected chi connectivity index (χ3v) is 3.01. The Balaban J connectivity index is 2.17. The molecule has 1 N–H and O–H groups in total. The summed E-state index contributed by atoms with van der Waals surface area (Å²) in [7, 11) is 1.33. The zero-order valence-electron chi connectivity index (χ0n) is 9.81. The molecule has 0 saturated heterocycles. The number of aliphatic hydroxyl groups excluding tert-OH is 1. The molecule has 1 aromatic carbocycles. The highest BCUT2D eigenvalue weighted by Gasteiger charge is 2.21. The fourth-order valence-electron chi connectivity index (χ4n) is 2.12. The van der Waals surface area contributed by atoms with E-state index in [1.807, 2.05) is 18.2 Å². The first-order chi connectivity index (χ1) is 8.22. The monoisotopic (exact) mass is 236 g/mol. The average molecular weight is 236 g/mol. The second-order valence-corrected chi connectivity index (χ2v) is 4.10. The van der Waals surface area contributed by atoms with E-state index in [1.54, 1.807) is 0 Å². The molecule has 4 heteroatoms. The molecule has 0 bridgehead atoms. The molecule has 1 aliphatic rings. The molecule has 1 atom stereocenters. The number of rotatable bonds is 3. The van der Waals surface area contributed by atoms with Crippen LogP contribution in [0.5, 0.6) is 5.75 Å². The van der Waals surface area contributed by atoms with Crippen LogP contribution in [0.4, 0.5) is 0 Å². The van der Waals surface area contributed by atoms with Gasteiger partial charge in [0.05, 0.1) is 13.2 Å². The Kier molecular flexibility index (Phi) is 3.64. The predicted molar refractivity (Wildman–Crippen MR) is 61.9 cm³/mol. The lowest BCUT2D eigenvalue weighted by Gasteiger charge is -2.23. The first kappa shape index (κ1) is 11.9. The van der Waals surface area contributed by atoms with Crippen LogP contribution in [0.3, 0.4) is 0 Å². The van der Waals surface area contributed by atoms with Crippen LogP contribution in [0, 0.1) is 0 Å². The van der Waals surface area contributed by atoms with E-state index in [-0.39, 0.29) is 6.61 Å². The minimum atomic E-state index is -0.416. The Morgan fingerprint density at radius 2 is 2.35 bits per heavy atom. The van der Waals surface area contributed by atoms with Gasteiger partial charge in [-0.3, -0.25) is 0 Å². The third kappa shape index (κ3) is 2.58. The highest BCUT2D eigenvalue weighted by molar-refractivity contribution is 5.71. The number of carbonyl (C=O) groups excluding carboxylic acids is 1. The van der Waals surface area contributed by atoms with E-state index < -0.39 is 12.1 Å². The molecule has 0 spiro atoms. The first-order valence-corrected chi connectivity index (χ1v) is 5.72. The SMILES string of the molecule is COC(=O)COc1cccc2c1CCCC2O. The number of hydrogen-bond donors (Lipinski definition) is 1. The van der Waals surface area contributed by atoms with E-state index in [0.717, 1.165) is 30.4 Å². The lowest BCUT2D eigenvalue weighted by Crippen LogP contribution is -2.15. The van der Waals surface area contributed by atoms with Gasteiger partial charge in [0.1, 0.15) is 5.75 Å². The zero-order valence-corrected chi connectivity index (χ0v) is 9.81. The molecule has 4 nitrogen and oxygen atoms in total. The number of fused-ring (bicyclic) bond motifs is 1. The number of aliphatic hydroxyl groups is 1. The van der Waals surface area contributed by atoms with Gasteiger partial charge in [-0.25, -0.2) is 4.79 Å². The molecule has 92 valence electrons. The normalized spacial score (nSPS) is 18.4. The second-order valence-electron chi connectivity index (χ2n) is 4.10. The molecule has 1 aromatic rings. The highest BCUT2D eigenvalue weighted by atomic mass is 16.6.